The molecule has 0 aromatic heterocycles. The molecular weight excluding hydrogens is 272 g/mol. The lowest BCUT2D eigenvalue weighted by atomic mass is 10.1. The highest BCUT2D eigenvalue weighted by molar-refractivity contribution is 5.96. The van der Waals surface area contributed by atoms with Crippen LogP contribution in [0.1, 0.15) is 27.1 Å². The molecule has 1 aliphatic rings. The molecule has 1 heterocycles. The van der Waals surface area contributed by atoms with Gasteiger partial charge in [-0.2, -0.15) is 0 Å². The largest absolute Gasteiger partial charge is 0.478 e. The molecule has 2 rings (SSSR count). The molecule has 6 heteroatoms. The van der Waals surface area contributed by atoms with Gasteiger partial charge in [0.2, 0.25) is 0 Å². The van der Waals surface area contributed by atoms with E-state index in [-0.39, 0.29) is 17.5 Å². The second-order valence-electron chi connectivity index (χ2n) is 5.65. The Hall–Kier alpha value is -1.92. The van der Waals surface area contributed by atoms with Crippen LogP contribution in [-0.4, -0.2) is 71.2 Å². The Morgan fingerprint density at radius 3 is 2.33 bits per heavy atom. The summed E-state index contributed by atoms with van der Waals surface area (Å²) in [6.07, 6.45) is 0.0640. The molecule has 1 aromatic carbocycles. The van der Waals surface area contributed by atoms with E-state index in [9.17, 15) is 14.7 Å². The van der Waals surface area contributed by atoms with Gasteiger partial charge in [-0.1, -0.05) is 0 Å². The van der Waals surface area contributed by atoms with Gasteiger partial charge in [0.05, 0.1) is 11.7 Å². The lowest BCUT2D eigenvalue weighted by Gasteiger charge is -2.26. The number of likely N-dealkylation sites (tertiary alicyclic amines) is 1. The van der Waals surface area contributed by atoms with Gasteiger partial charge in [0.15, 0.2) is 0 Å². The molecule has 0 spiro atoms. The van der Waals surface area contributed by atoms with Crippen LogP contribution >= 0.6 is 0 Å². The Morgan fingerprint density at radius 2 is 1.81 bits per heavy atom. The predicted octanol–water partition coefficient (Wildman–Crippen LogP) is 0.522. The molecule has 0 saturated carbocycles. The van der Waals surface area contributed by atoms with Crippen molar-refractivity contribution in [1.82, 2.24) is 9.80 Å². The van der Waals surface area contributed by atoms with Crippen molar-refractivity contribution in [3.8, 4) is 0 Å². The van der Waals surface area contributed by atoms with Crippen LogP contribution < -0.4 is 0 Å². The highest BCUT2D eigenvalue weighted by atomic mass is 16.4. The van der Waals surface area contributed by atoms with Gasteiger partial charge in [-0.3, -0.25) is 4.79 Å². The average Bonchev–Trinajstić information content (AvgIpc) is 2.78. The van der Waals surface area contributed by atoms with Gasteiger partial charge in [-0.05, 0) is 44.8 Å². The summed E-state index contributed by atoms with van der Waals surface area (Å²) in [5.74, 6) is -1.19. The Kier molecular flexibility index (Phi) is 4.59. The summed E-state index contributed by atoms with van der Waals surface area (Å²) in [6, 6.07) is 5.85. The number of aliphatic hydroxyl groups is 1. The maximum Gasteiger partial charge on any atom is 0.335 e. The number of rotatable bonds is 4. The molecule has 6 nitrogen and oxygen atoms in total. The van der Waals surface area contributed by atoms with Gasteiger partial charge >= 0.3 is 5.97 Å². The third-order valence-corrected chi connectivity index (χ3v) is 3.61. The Bertz CT molecular complexity index is 527. The molecule has 1 aromatic rings. The van der Waals surface area contributed by atoms with E-state index in [0.29, 0.717) is 25.1 Å². The number of carbonyl (C=O) groups is 2. The minimum atomic E-state index is -1.02. The second-order valence-corrected chi connectivity index (χ2v) is 5.65. The number of carboxylic acid groups (broad SMARTS) is 1. The summed E-state index contributed by atoms with van der Waals surface area (Å²) < 4.78 is 0. The topological polar surface area (TPSA) is 81.1 Å². The van der Waals surface area contributed by atoms with E-state index in [1.54, 1.807) is 4.90 Å². The molecule has 1 saturated heterocycles. The Balaban J connectivity index is 2.15. The van der Waals surface area contributed by atoms with Gasteiger partial charge in [-0.25, -0.2) is 4.79 Å². The number of hydrogen-bond acceptors (Lipinski definition) is 4. The van der Waals surface area contributed by atoms with Gasteiger partial charge in [0, 0.05) is 24.7 Å². The summed E-state index contributed by atoms with van der Waals surface area (Å²) in [7, 11) is 3.85. The van der Waals surface area contributed by atoms with E-state index >= 15 is 0 Å². The molecule has 1 amide bonds. The maximum atomic E-state index is 12.5. The first kappa shape index (κ1) is 15.5. The van der Waals surface area contributed by atoms with Crippen LogP contribution in [0.2, 0.25) is 0 Å². The number of benzene rings is 1. The minimum Gasteiger partial charge on any atom is -0.478 e. The molecule has 1 aliphatic heterocycles. The van der Waals surface area contributed by atoms with E-state index in [4.69, 9.17) is 5.11 Å². The van der Waals surface area contributed by atoms with E-state index in [1.807, 2.05) is 19.0 Å². The number of aliphatic hydroxyl groups excluding tert-OH is 1. The van der Waals surface area contributed by atoms with E-state index in [2.05, 4.69) is 0 Å². The van der Waals surface area contributed by atoms with Gasteiger partial charge in [0.25, 0.3) is 5.91 Å². The van der Waals surface area contributed by atoms with Crippen molar-refractivity contribution < 1.29 is 19.8 Å². The van der Waals surface area contributed by atoms with E-state index in [1.165, 1.54) is 24.3 Å². The smallest absolute Gasteiger partial charge is 0.335 e. The number of hydrogen-bond donors (Lipinski definition) is 2. The molecule has 1 fully saturated rings. The molecule has 2 N–H and O–H groups in total. The molecule has 0 bridgehead atoms. The minimum absolute atomic E-state index is 0.0262. The quantitative estimate of drug-likeness (QED) is 0.845. The van der Waals surface area contributed by atoms with E-state index in [0.717, 1.165) is 0 Å². The zero-order valence-corrected chi connectivity index (χ0v) is 12.2. The summed E-state index contributed by atoms with van der Waals surface area (Å²) >= 11 is 0. The predicted molar refractivity (Wildman–Crippen MR) is 77.4 cm³/mol. The number of aromatic carboxylic acids is 1. The fourth-order valence-electron chi connectivity index (χ4n) is 2.66. The fourth-order valence-corrected chi connectivity index (χ4v) is 2.66. The van der Waals surface area contributed by atoms with Crippen LogP contribution in [0.3, 0.4) is 0 Å². The SMILES string of the molecule is CN(C)CC1CC(O)CN1C(=O)c1ccc(C(=O)O)cc1. The summed E-state index contributed by atoms with van der Waals surface area (Å²) in [4.78, 5) is 27.0. The standard InChI is InChI=1S/C15H20N2O4/c1-16(2)8-12-7-13(18)9-17(12)14(19)10-3-5-11(6-4-10)15(20)21/h3-6,12-13,18H,7-9H2,1-2H3,(H,20,21). The summed E-state index contributed by atoms with van der Waals surface area (Å²) in [5, 5.41) is 18.7. The maximum absolute atomic E-state index is 12.5. The number of amides is 1. The van der Waals surface area contributed by atoms with Crippen LogP contribution in [0.5, 0.6) is 0 Å². The number of carbonyl (C=O) groups excluding carboxylic acids is 1. The number of likely N-dealkylation sites (N-methyl/N-ethyl adjacent to an activating group) is 1. The van der Waals surface area contributed by atoms with Crippen molar-refractivity contribution >= 4 is 11.9 Å². The zero-order chi connectivity index (χ0) is 15.6. The van der Waals surface area contributed by atoms with Crippen LogP contribution in [0.15, 0.2) is 24.3 Å². The second kappa shape index (κ2) is 6.24. The molecule has 114 valence electrons. The number of carboxylic acids is 1. The van der Waals surface area contributed by atoms with Crippen molar-refractivity contribution in [2.24, 2.45) is 0 Å². The molecule has 0 radical (unpaired) electrons. The van der Waals surface area contributed by atoms with Crippen molar-refractivity contribution in [2.75, 3.05) is 27.2 Å². The van der Waals surface area contributed by atoms with Gasteiger partial charge in [-0.15, -0.1) is 0 Å². The normalized spacial score (nSPS) is 21.8. The summed E-state index contributed by atoms with van der Waals surface area (Å²) in [6.45, 7) is 1.01. The van der Waals surface area contributed by atoms with Crippen LogP contribution in [-0.2, 0) is 0 Å². The van der Waals surface area contributed by atoms with Crippen LogP contribution in [0.4, 0.5) is 0 Å². The number of nitrogens with zero attached hydrogens (tertiary/aromatic N) is 2. The van der Waals surface area contributed by atoms with Crippen molar-refractivity contribution in [1.29, 1.82) is 0 Å². The highest BCUT2D eigenvalue weighted by Crippen LogP contribution is 2.21. The lowest BCUT2D eigenvalue weighted by molar-refractivity contribution is 0.0685. The zero-order valence-electron chi connectivity index (χ0n) is 12.2. The fraction of sp³-hybridized carbons (Fsp3) is 0.467. The molecule has 21 heavy (non-hydrogen) atoms. The van der Waals surface area contributed by atoms with Crippen molar-refractivity contribution in [3.05, 3.63) is 35.4 Å². The van der Waals surface area contributed by atoms with Crippen LogP contribution in [0.25, 0.3) is 0 Å². The van der Waals surface area contributed by atoms with Gasteiger partial charge < -0.3 is 20.0 Å². The van der Waals surface area contributed by atoms with E-state index < -0.39 is 12.1 Å². The first-order chi connectivity index (χ1) is 9.88. The van der Waals surface area contributed by atoms with Crippen molar-refractivity contribution in [2.45, 2.75) is 18.6 Å². The summed E-state index contributed by atoms with van der Waals surface area (Å²) in [5.41, 5.74) is 0.593. The average molecular weight is 292 g/mol. The molecule has 0 aliphatic carbocycles. The lowest BCUT2D eigenvalue weighted by Crippen LogP contribution is -2.41. The monoisotopic (exact) mass is 292 g/mol. The number of β-amino-alcohol motifs (C(OH)–C–C–N with tert-alkyl or cyclic N) is 1. The first-order valence-corrected chi connectivity index (χ1v) is 6.85. The third-order valence-electron chi connectivity index (χ3n) is 3.61. The molecular formula is C15H20N2O4. The molecule has 2 atom stereocenters. The van der Waals surface area contributed by atoms with Gasteiger partial charge in [0.1, 0.15) is 0 Å². The third kappa shape index (κ3) is 3.59. The Labute approximate surface area is 123 Å². The first-order valence-electron chi connectivity index (χ1n) is 6.85. The van der Waals surface area contributed by atoms with Crippen LogP contribution in [0, 0.1) is 0 Å². The van der Waals surface area contributed by atoms with Crippen molar-refractivity contribution in [3.63, 3.8) is 0 Å². The highest BCUT2D eigenvalue weighted by Gasteiger charge is 2.34. The Morgan fingerprint density at radius 1 is 1.24 bits per heavy atom. The molecule has 2 unspecified atom stereocenters.